The third-order valence-electron chi connectivity index (χ3n) is 4.73. The van der Waals surface area contributed by atoms with Gasteiger partial charge in [-0.1, -0.05) is 24.3 Å². The first-order valence-electron chi connectivity index (χ1n) is 8.56. The van der Waals surface area contributed by atoms with Crippen LogP contribution in [-0.2, 0) is 23.9 Å². The van der Waals surface area contributed by atoms with Crippen molar-refractivity contribution in [2.45, 2.75) is 25.2 Å². The van der Waals surface area contributed by atoms with Gasteiger partial charge in [-0.05, 0) is 35.4 Å². The van der Waals surface area contributed by atoms with Crippen molar-refractivity contribution in [3.63, 3.8) is 0 Å². The molecule has 1 saturated heterocycles. The van der Waals surface area contributed by atoms with Gasteiger partial charge in [-0.2, -0.15) is 13.2 Å². The molecule has 0 aliphatic carbocycles. The number of halogens is 3. The number of carbonyl (C=O) groups excluding carboxylic acids is 2. The summed E-state index contributed by atoms with van der Waals surface area (Å²) in [7, 11) is 0. The first-order valence-corrected chi connectivity index (χ1v) is 9.38. The molecular formula is C20H15F3N2O2S. The minimum atomic E-state index is -4.35. The Labute approximate surface area is 162 Å². The van der Waals surface area contributed by atoms with Gasteiger partial charge in [-0.25, -0.2) is 0 Å². The summed E-state index contributed by atoms with van der Waals surface area (Å²) in [5.41, 5.74) is 1.94. The zero-order valence-electron chi connectivity index (χ0n) is 14.5. The Morgan fingerprint density at radius 3 is 2.43 bits per heavy atom. The van der Waals surface area contributed by atoms with Gasteiger partial charge in [0.15, 0.2) is 0 Å². The molecule has 3 aromatic rings. The van der Waals surface area contributed by atoms with Crippen molar-refractivity contribution in [3.05, 3.63) is 71.4 Å². The highest BCUT2D eigenvalue weighted by molar-refractivity contribution is 8.26. The maximum Gasteiger partial charge on any atom is 0.416 e. The number of hydrogen-bond donors (Lipinski definition) is 1. The summed E-state index contributed by atoms with van der Waals surface area (Å²) in [5, 5.41) is 3.09. The molecule has 2 heterocycles. The lowest BCUT2D eigenvalue weighted by molar-refractivity contribution is -0.137. The fourth-order valence-corrected chi connectivity index (χ4v) is 4.01. The zero-order chi connectivity index (χ0) is 19.9. The van der Waals surface area contributed by atoms with Crippen molar-refractivity contribution >= 4 is 33.0 Å². The fourth-order valence-electron chi connectivity index (χ4n) is 3.35. The fraction of sp³-hybridized carbons (Fsp3) is 0.200. The smallest absolute Gasteiger partial charge is 0.343 e. The summed E-state index contributed by atoms with van der Waals surface area (Å²) in [5.74, 6) is 0. The number of benzene rings is 2. The van der Waals surface area contributed by atoms with E-state index in [0.29, 0.717) is 24.7 Å². The molecule has 0 saturated carbocycles. The summed E-state index contributed by atoms with van der Waals surface area (Å²) >= 11 is 0.689. The Bertz CT molecular complexity index is 1060. The van der Waals surface area contributed by atoms with Gasteiger partial charge in [0.2, 0.25) is 5.12 Å². The monoisotopic (exact) mass is 404 g/mol. The van der Waals surface area contributed by atoms with Gasteiger partial charge < -0.3 is 9.88 Å². The number of hydrogen-bond acceptors (Lipinski definition) is 3. The van der Waals surface area contributed by atoms with Crippen molar-refractivity contribution in [3.8, 4) is 0 Å². The lowest BCUT2D eigenvalue weighted by Gasteiger charge is -2.11. The van der Waals surface area contributed by atoms with Crippen LogP contribution < -0.4 is 5.32 Å². The Morgan fingerprint density at radius 1 is 1.04 bits per heavy atom. The summed E-state index contributed by atoms with van der Waals surface area (Å²) in [6, 6.07) is 12.2. The number of nitrogens with one attached hydrogen (secondary N) is 1. The first-order chi connectivity index (χ1) is 13.3. The molecule has 8 heteroatoms. The minimum absolute atomic E-state index is 0.189. The van der Waals surface area contributed by atoms with Crippen LogP contribution in [0.2, 0.25) is 0 Å². The molecule has 1 fully saturated rings. The van der Waals surface area contributed by atoms with Crippen LogP contribution >= 0.6 is 11.8 Å². The Balaban J connectivity index is 1.58. The van der Waals surface area contributed by atoms with Crippen molar-refractivity contribution < 1.29 is 22.8 Å². The summed E-state index contributed by atoms with van der Waals surface area (Å²) in [6.07, 6.45) is -2.08. The third-order valence-corrected chi connectivity index (χ3v) is 5.52. The van der Waals surface area contributed by atoms with Gasteiger partial charge in [-0.3, -0.25) is 9.59 Å². The largest absolute Gasteiger partial charge is 0.416 e. The molecule has 1 N–H and O–H groups in total. The van der Waals surface area contributed by atoms with Crippen LogP contribution in [0.5, 0.6) is 0 Å². The molecule has 28 heavy (non-hydrogen) atoms. The van der Waals surface area contributed by atoms with Crippen LogP contribution in [0.15, 0.2) is 54.7 Å². The molecule has 2 aromatic carbocycles. The van der Waals surface area contributed by atoms with Crippen LogP contribution in [0, 0.1) is 0 Å². The average molecular weight is 404 g/mol. The van der Waals surface area contributed by atoms with Crippen molar-refractivity contribution in [2.24, 2.45) is 0 Å². The molecule has 1 aromatic heterocycles. The highest BCUT2D eigenvalue weighted by atomic mass is 32.2. The van der Waals surface area contributed by atoms with Crippen LogP contribution in [0.3, 0.4) is 0 Å². The summed E-state index contributed by atoms with van der Waals surface area (Å²) in [6.45, 7) is 0.431. The zero-order valence-corrected chi connectivity index (χ0v) is 15.3. The van der Waals surface area contributed by atoms with Gasteiger partial charge in [0.05, 0.1) is 5.56 Å². The molecule has 0 spiro atoms. The van der Waals surface area contributed by atoms with Crippen LogP contribution in [0.4, 0.5) is 18.0 Å². The van der Waals surface area contributed by atoms with E-state index in [9.17, 15) is 22.8 Å². The van der Waals surface area contributed by atoms with E-state index in [1.54, 1.807) is 0 Å². The molecule has 1 aliphatic rings. The second-order valence-electron chi connectivity index (χ2n) is 6.60. The number of rotatable bonds is 4. The molecule has 0 bridgehead atoms. The minimum Gasteiger partial charge on any atom is -0.343 e. The van der Waals surface area contributed by atoms with Gasteiger partial charge in [0.25, 0.3) is 5.24 Å². The second kappa shape index (κ2) is 7.01. The van der Waals surface area contributed by atoms with E-state index in [4.69, 9.17) is 0 Å². The Kier molecular flexibility index (Phi) is 4.66. The molecule has 4 rings (SSSR count). The molecule has 1 unspecified atom stereocenters. The van der Waals surface area contributed by atoms with E-state index in [2.05, 4.69) is 5.32 Å². The number of carbonyl (C=O) groups is 2. The SMILES string of the molecule is O=C1NC(Cc2cccc3c2ccn3Cc2ccc(C(F)(F)F)cc2)C(=O)S1. The molecular weight excluding hydrogens is 389 g/mol. The molecule has 4 nitrogen and oxygen atoms in total. The van der Waals surface area contributed by atoms with Gasteiger partial charge in [-0.15, -0.1) is 0 Å². The lowest BCUT2D eigenvalue weighted by atomic mass is 10.0. The standard InChI is InChI=1S/C20H15F3N2O2S/c21-20(22,23)14-6-4-12(5-7-14)11-25-9-8-15-13(2-1-3-17(15)25)10-16-18(26)28-19(27)24-16/h1-9,16H,10-11H2,(H,24,27). The highest BCUT2D eigenvalue weighted by Gasteiger charge is 2.32. The number of fused-ring (bicyclic) bond motifs is 1. The van der Waals surface area contributed by atoms with Gasteiger partial charge in [0.1, 0.15) is 6.04 Å². The second-order valence-corrected chi connectivity index (χ2v) is 7.58. The average Bonchev–Trinajstić information content (AvgIpc) is 3.18. The molecule has 1 atom stereocenters. The predicted molar refractivity (Wildman–Crippen MR) is 101 cm³/mol. The van der Waals surface area contributed by atoms with E-state index in [-0.39, 0.29) is 10.4 Å². The number of aromatic nitrogens is 1. The maximum atomic E-state index is 12.7. The lowest BCUT2D eigenvalue weighted by Crippen LogP contribution is -2.30. The Hall–Kier alpha value is -2.74. The van der Waals surface area contributed by atoms with Crippen molar-refractivity contribution in [1.29, 1.82) is 0 Å². The maximum absolute atomic E-state index is 12.7. The number of thioether (sulfide) groups is 1. The number of alkyl halides is 3. The third kappa shape index (κ3) is 3.64. The van der Waals surface area contributed by atoms with Gasteiger partial charge >= 0.3 is 6.18 Å². The quantitative estimate of drug-likeness (QED) is 0.691. The van der Waals surface area contributed by atoms with Crippen molar-refractivity contribution in [2.75, 3.05) is 0 Å². The molecule has 0 radical (unpaired) electrons. The topological polar surface area (TPSA) is 51.1 Å². The first kappa shape index (κ1) is 18.6. The van der Waals surface area contributed by atoms with E-state index >= 15 is 0 Å². The Morgan fingerprint density at radius 2 is 1.79 bits per heavy atom. The predicted octanol–water partition coefficient (Wildman–Crippen LogP) is 4.60. The van der Waals surface area contributed by atoms with E-state index < -0.39 is 17.8 Å². The van der Waals surface area contributed by atoms with Crippen molar-refractivity contribution in [1.82, 2.24) is 9.88 Å². The van der Waals surface area contributed by atoms with Crippen LogP contribution in [-0.4, -0.2) is 21.0 Å². The normalized spacial score (nSPS) is 17.3. The molecule has 1 aliphatic heterocycles. The molecule has 1 amide bonds. The van der Waals surface area contributed by atoms with Gasteiger partial charge in [0, 0.05) is 41.8 Å². The summed E-state index contributed by atoms with van der Waals surface area (Å²) < 4.78 is 40.1. The highest BCUT2D eigenvalue weighted by Crippen LogP contribution is 2.30. The molecule has 144 valence electrons. The van der Waals surface area contributed by atoms with E-state index in [0.717, 1.165) is 34.2 Å². The number of nitrogens with zero attached hydrogens (tertiary/aromatic N) is 1. The van der Waals surface area contributed by atoms with Crippen LogP contribution in [0.1, 0.15) is 16.7 Å². The number of amides is 1. The van der Waals surface area contributed by atoms with Crippen LogP contribution in [0.25, 0.3) is 10.9 Å². The van der Waals surface area contributed by atoms with E-state index in [1.165, 1.54) is 12.1 Å². The van der Waals surface area contributed by atoms with E-state index in [1.807, 2.05) is 35.0 Å². The summed E-state index contributed by atoms with van der Waals surface area (Å²) in [4.78, 5) is 23.2.